The maximum absolute atomic E-state index is 12.1. The molecule has 0 unspecified atom stereocenters. The van der Waals surface area contributed by atoms with Gasteiger partial charge in [-0.05, 0) is 22.3 Å². The fourth-order valence-electron chi connectivity index (χ4n) is 4.23. The van der Waals surface area contributed by atoms with Crippen LogP contribution in [0.2, 0.25) is 0 Å². The molecule has 2 aromatic rings. The summed E-state index contributed by atoms with van der Waals surface area (Å²) in [4.78, 5) is 36.2. The summed E-state index contributed by atoms with van der Waals surface area (Å²) >= 11 is 0. The van der Waals surface area contributed by atoms with Gasteiger partial charge < -0.3 is 29.5 Å². The molecule has 2 aliphatic rings. The molecule has 1 fully saturated rings. The first kappa shape index (κ1) is 23.7. The van der Waals surface area contributed by atoms with Crippen molar-refractivity contribution in [2.24, 2.45) is 0 Å². The Balaban J connectivity index is 1.09. The van der Waals surface area contributed by atoms with Crippen molar-refractivity contribution in [1.29, 1.82) is 0 Å². The van der Waals surface area contributed by atoms with Gasteiger partial charge in [0.25, 0.3) is 0 Å². The number of nitrogens with one attached hydrogen (secondary N) is 1. The summed E-state index contributed by atoms with van der Waals surface area (Å²) in [5.74, 6) is -1.08. The van der Waals surface area contributed by atoms with E-state index < -0.39 is 12.1 Å². The van der Waals surface area contributed by atoms with E-state index in [2.05, 4.69) is 29.6 Å². The fraction of sp³-hybridized carbons (Fsp3) is 0.400. The van der Waals surface area contributed by atoms with Gasteiger partial charge in [0.05, 0.1) is 25.7 Å². The van der Waals surface area contributed by atoms with Gasteiger partial charge in [-0.15, -0.1) is 0 Å². The summed E-state index contributed by atoms with van der Waals surface area (Å²) in [6.45, 7) is 1.48. The maximum atomic E-state index is 12.1. The second-order valence-electron chi connectivity index (χ2n) is 8.24. The van der Waals surface area contributed by atoms with Gasteiger partial charge >= 0.3 is 12.1 Å². The first-order valence-electron chi connectivity index (χ1n) is 11.3. The van der Waals surface area contributed by atoms with E-state index in [0.717, 1.165) is 11.1 Å². The minimum Gasteiger partial charge on any atom is -0.480 e. The quantitative estimate of drug-likeness (QED) is 0.486. The third-order valence-corrected chi connectivity index (χ3v) is 5.96. The molecule has 1 heterocycles. The van der Waals surface area contributed by atoms with Crippen LogP contribution in [0.25, 0.3) is 11.1 Å². The Morgan fingerprint density at radius 2 is 1.62 bits per heavy atom. The Labute approximate surface area is 197 Å². The first-order chi connectivity index (χ1) is 16.5. The van der Waals surface area contributed by atoms with E-state index in [1.54, 1.807) is 4.90 Å². The molecule has 180 valence electrons. The second kappa shape index (κ2) is 11.1. The molecule has 0 saturated carbocycles. The van der Waals surface area contributed by atoms with Crippen molar-refractivity contribution in [2.75, 3.05) is 46.1 Å². The Morgan fingerprint density at radius 1 is 0.971 bits per heavy atom. The molecule has 0 atom stereocenters. The zero-order valence-electron chi connectivity index (χ0n) is 18.8. The number of alkyl carbamates (subject to hydrolysis) is 1. The first-order valence-corrected chi connectivity index (χ1v) is 11.3. The van der Waals surface area contributed by atoms with Crippen molar-refractivity contribution < 1.29 is 33.7 Å². The van der Waals surface area contributed by atoms with Gasteiger partial charge in [0.1, 0.15) is 13.2 Å². The van der Waals surface area contributed by atoms with Gasteiger partial charge in [0.2, 0.25) is 5.91 Å². The number of rotatable bonds is 11. The van der Waals surface area contributed by atoms with E-state index in [1.165, 1.54) is 11.1 Å². The van der Waals surface area contributed by atoms with Crippen LogP contribution in [0, 0.1) is 0 Å². The van der Waals surface area contributed by atoms with Crippen LogP contribution in [0.4, 0.5) is 4.79 Å². The number of aliphatic carboxylic acids is 1. The van der Waals surface area contributed by atoms with E-state index in [0.29, 0.717) is 13.1 Å². The Hall–Kier alpha value is -3.43. The molecule has 0 radical (unpaired) electrons. The molecule has 2 N–H and O–H groups in total. The van der Waals surface area contributed by atoms with Gasteiger partial charge in [-0.3, -0.25) is 4.79 Å². The van der Waals surface area contributed by atoms with Crippen LogP contribution in [0.5, 0.6) is 0 Å². The van der Waals surface area contributed by atoms with Gasteiger partial charge in [-0.25, -0.2) is 9.59 Å². The number of carboxylic acids is 1. The average Bonchev–Trinajstić information content (AvgIpc) is 3.12. The maximum Gasteiger partial charge on any atom is 0.407 e. The van der Waals surface area contributed by atoms with Gasteiger partial charge in [-0.1, -0.05) is 48.5 Å². The number of likely N-dealkylation sites (tertiary alicyclic amines) is 1. The van der Waals surface area contributed by atoms with Crippen LogP contribution in [-0.2, 0) is 23.8 Å². The summed E-state index contributed by atoms with van der Waals surface area (Å²) in [5.41, 5.74) is 4.67. The number of carbonyl (C=O) groups excluding carboxylic acids is 2. The van der Waals surface area contributed by atoms with Crippen LogP contribution in [0.3, 0.4) is 0 Å². The molecule has 1 aliphatic heterocycles. The summed E-state index contributed by atoms with van der Waals surface area (Å²) in [5, 5.41) is 11.2. The molecule has 9 nitrogen and oxygen atoms in total. The van der Waals surface area contributed by atoms with Gasteiger partial charge in [-0.2, -0.15) is 0 Å². The van der Waals surface area contributed by atoms with Crippen molar-refractivity contribution in [3.8, 4) is 11.1 Å². The number of hydrogen-bond donors (Lipinski definition) is 2. The highest BCUT2D eigenvalue weighted by molar-refractivity contribution is 5.79. The zero-order chi connectivity index (χ0) is 23.9. The van der Waals surface area contributed by atoms with Crippen LogP contribution in [0.15, 0.2) is 48.5 Å². The third kappa shape index (κ3) is 5.73. The predicted molar refractivity (Wildman–Crippen MR) is 122 cm³/mol. The predicted octanol–water partition coefficient (Wildman–Crippen LogP) is 2.24. The molecule has 34 heavy (non-hydrogen) atoms. The summed E-state index contributed by atoms with van der Waals surface area (Å²) in [6.07, 6.45) is -0.506. The van der Waals surface area contributed by atoms with Crippen LogP contribution in [-0.4, -0.2) is 80.1 Å². The van der Waals surface area contributed by atoms with E-state index >= 15 is 0 Å². The smallest absolute Gasteiger partial charge is 0.407 e. The number of nitrogens with zero attached hydrogens (tertiary/aromatic N) is 1. The van der Waals surface area contributed by atoms with E-state index in [-0.39, 0.29) is 57.3 Å². The molecule has 0 spiro atoms. The fourth-order valence-corrected chi connectivity index (χ4v) is 4.23. The Morgan fingerprint density at radius 3 is 2.26 bits per heavy atom. The summed E-state index contributed by atoms with van der Waals surface area (Å²) < 4.78 is 16.0. The summed E-state index contributed by atoms with van der Waals surface area (Å²) in [7, 11) is 0. The number of benzene rings is 2. The zero-order valence-corrected chi connectivity index (χ0v) is 18.8. The highest BCUT2D eigenvalue weighted by atomic mass is 16.5. The molecule has 9 heteroatoms. The number of carbonyl (C=O) groups is 3. The standard InChI is InChI=1S/C25H28N2O7/c28-23(27-13-17(14-27)33-16-24(29)30)9-11-32-12-10-26-25(31)34-15-22-20-7-3-1-5-18(20)19-6-2-4-8-21(19)22/h1-8,17,22H,9-16H2,(H,26,31)(H,29,30). The monoisotopic (exact) mass is 468 g/mol. The lowest BCUT2D eigenvalue weighted by Crippen LogP contribution is -2.55. The Kier molecular flexibility index (Phi) is 7.76. The number of hydrogen-bond acceptors (Lipinski definition) is 6. The lowest BCUT2D eigenvalue weighted by atomic mass is 9.98. The molecule has 1 aliphatic carbocycles. The molecular formula is C25H28N2O7. The molecular weight excluding hydrogens is 440 g/mol. The minimum absolute atomic E-state index is 0.0102. The van der Waals surface area contributed by atoms with Crippen LogP contribution >= 0.6 is 0 Å². The van der Waals surface area contributed by atoms with Gasteiger partial charge in [0.15, 0.2) is 0 Å². The molecule has 1 saturated heterocycles. The second-order valence-corrected chi connectivity index (χ2v) is 8.24. The lowest BCUT2D eigenvalue weighted by Gasteiger charge is -2.38. The summed E-state index contributed by atoms with van der Waals surface area (Å²) in [6, 6.07) is 16.3. The highest BCUT2D eigenvalue weighted by Gasteiger charge is 2.31. The van der Waals surface area contributed by atoms with Crippen molar-refractivity contribution in [1.82, 2.24) is 10.2 Å². The van der Waals surface area contributed by atoms with Crippen molar-refractivity contribution in [3.05, 3.63) is 59.7 Å². The number of ether oxygens (including phenoxy) is 3. The average molecular weight is 469 g/mol. The topological polar surface area (TPSA) is 114 Å². The van der Waals surface area contributed by atoms with Gasteiger partial charge in [0, 0.05) is 25.6 Å². The Bertz CT molecular complexity index is 990. The normalized spacial score (nSPS) is 14.8. The molecule has 0 bridgehead atoms. The van der Waals surface area contributed by atoms with Crippen molar-refractivity contribution in [3.63, 3.8) is 0 Å². The third-order valence-electron chi connectivity index (χ3n) is 5.96. The number of fused-ring (bicyclic) bond motifs is 3. The molecule has 4 rings (SSSR count). The molecule has 2 aromatic carbocycles. The molecule has 2 amide bonds. The van der Waals surface area contributed by atoms with E-state index in [4.69, 9.17) is 19.3 Å². The number of carboxylic acid groups (broad SMARTS) is 1. The highest BCUT2D eigenvalue weighted by Crippen LogP contribution is 2.44. The van der Waals surface area contributed by atoms with Crippen LogP contribution in [0.1, 0.15) is 23.5 Å². The SMILES string of the molecule is O=C(O)COC1CN(C(=O)CCOCCNC(=O)OCC2c3ccccc3-c3ccccc32)C1. The van der Waals surface area contributed by atoms with E-state index in [1.807, 2.05) is 24.3 Å². The van der Waals surface area contributed by atoms with Crippen molar-refractivity contribution in [2.45, 2.75) is 18.4 Å². The molecule has 0 aromatic heterocycles. The van der Waals surface area contributed by atoms with Crippen molar-refractivity contribution >= 4 is 18.0 Å². The van der Waals surface area contributed by atoms with Crippen LogP contribution < -0.4 is 5.32 Å². The largest absolute Gasteiger partial charge is 0.480 e. The lowest BCUT2D eigenvalue weighted by molar-refractivity contribution is -0.154. The van der Waals surface area contributed by atoms with E-state index in [9.17, 15) is 14.4 Å². The minimum atomic E-state index is -1.02. The number of amides is 2.